The number of urea groups is 1. The highest BCUT2D eigenvalue weighted by molar-refractivity contribution is 6.10. The lowest BCUT2D eigenvalue weighted by molar-refractivity contribution is -0.135. The molecule has 0 unspecified atom stereocenters. The van der Waals surface area contributed by atoms with Crippen LogP contribution in [0.25, 0.3) is 0 Å². The fourth-order valence-corrected chi connectivity index (χ4v) is 4.66. The summed E-state index contributed by atoms with van der Waals surface area (Å²) in [5.74, 6) is -0.0767. The van der Waals surface area contributed by atoms with E-state index in [9.17, 15) is 14.4 Å². The molecule has 0 aromatic heterocycles. The summed E-state index contributed by atoms with van der Waals surface area (Å²) in [5, 5.41) is 5.80. The van der Waals surface area contributed by atoms with Crippen molar-refractivity contribution in [1.29, 1.82) is 0 Å². The van der Waals surface area contributed by atoms with Crippen LogP contribution in [0.4, 0.5) is 10.5 Å². The maximum Gasteiger partial charge on any atom is 0.325 e. The van der Waals surface area contributed by atoms with E-state index in [1.807, 2.05) is 32.0 Å². The highest BCUT2D eigenvalue weighted by Crippen LogP contribution is 2.43. The van der Waals surface area contributed by atoms with Gasteiger partial charge in [0.05, 0.1) is 0 Å². The Morgan fingerprint density at radius 3 is 2.48 bits per heavy atom. The van der Waals surface area contributed by atoms with Crippen LogP contribution in [0, 0.1) is 18.3 Å². The number of carbonyl (C=O) groups excluding carboxylic acids is 3. The SMILES string of the molecule is CCc1cccc(C)c1NC(=O)CN1C(=O)NC2(CCC(C(C)(C)C)CC2)C1=O. The van der Waals surface area contributed by atoms with Crippen molar-refractivity contribution < 1.29 is 14.4 Å². The summed E-state index contributed by atoms with van der Waals surface area (Å²) in [4.78, 5) is 39.3. The fraction of sp³-hybridized carbons (Fsp3) is 0.609. The molecule has 6 heteroatoms. The molecule has 2 fully saturated rings. The van der Waals surface area contributed by atoms with E-state index in [2.05, 4.69) is 31.4 Å². The van der Waals surface area contributed by atoms with Crippen molar-refractivity contribution in [2.75, 3.05) is 11.9 Å². The summed E-state index contributed by atoms with van der Waals surface area (Å²) >= 11 is 0. The lowest BCUT2D eigenvalue weighted by Crippen LogP contribution is -2.51. The number of carbonyl (C=O) groups is 3. The minimum atomic E-state index is -0.837. The molecule has 1 aliphatic carbocycles. The van der Waals surface area contributed by atoms with Crippen molar-refractivity contribution in [1.82, 2.24) is 10.2 Å². The first-order valence-electron chi connectivity index (χ1n) is 10.6. The van der Waals surface area contributed by atoms with Crippen LogP contribution in [-0.4, -0.2) is 34.8 Å². The van der Waals surface area contributed by atoms with Crippen LogP contribution in [0.1, 0.15) is 64.5 Å². The zero-order chi connectivity index (χ0) is 21.4. The van der Waals surface area contributed by atoms with E-state index < -0.39 is 11.6 Å². The number of rotatable bonds is 4. The molecule has 1 saturated heterocycles. The normalized spacial score (nSPS) is 24.7. The van der Waals surface area contributed by atoms with Crippen LogP contribution in [0.5, 0.6) is 0 Å². The van der Waals surface area contributed by atoms with Gasteiger partial charge in [-0.3, -0.25) is 14.5 Å². The van der Waals surface area contributed by atoms with Crippen LogP contribution in [0.15, 0.2) is 18.2 Å². The van der Waals surface area contributed by atoms with Crippen molar-refractivity contribution in [3.05, 3.63) is 29.3 Å². The Morgan fingerprint density at radius 1 is 1.24 bits per heavy atom. The molecule has 4 amide bonds. The van der Waals surface area contributed by atoms with Crippen molar-refractivity contribution in [2.45, 2.75) is 72.3 Å². The van der Waals surface area contributed by atoms with Gasteiger partial charge in [-0.05, 0) is 61.5 Å². The van der Waals surface area contributed by atoms with Gasteiger partial charge in [-0.15, -0.1) is 0 Å². The summed E-state index contributed by atoms with van der Waals surface area (Å²) in [6.45, 7) is 10.4. The fourth-order valence-electron chi connectivity index (χ4n) is 4.66. The number of nitrogens with one attached hydrogen (secondary N) is 2. The largest absolute Gasteiger partial charge is 0.325 e. The molecule has 6 nitrogen and oxygen atoms in total. The standard InChI is InChI=1S/C23H33N3O3/c1-6-16-9-7-8-15(2)19(16)24-18(27)14-26-20(28)23(25-21(26)29)12-10-17(11-13-23)22(3,4)5/h7-9,17H,6,10-14H2,1-5H3,(H,24,27)(H,25,29). The number of anilines is 1. The molecule has 1 spiro atoms. The molecule has 1 saturated carbocycles. The Kier molecular flexibility index (Phi) is 5.74. The van der Waals surface area contributed by atoms with E-state index >= 15 is 0 Å². The van der Waals surface area contributed by atoms with Gasteiger partial charge in [0.15, 0.2) is 0 Å². The lowest BCUT2D eigenvalue weighted by atomic mass is 9.67. The average molecular weight is 400 g/mol. The second-order valence-corrected chi connectivity index (χ2v) is 9.55. The molecule has 3 rings (SSSR count). The molecule has 158 valence electrons. The van der Waals surface area contributed by atoms with Crippen LogP contribution in [-0.2, 0) is 16.0 Å². The van der Waals surface area contributed by atoms with Crippen LogP contribution in [0.3, 0.4) is 0 Å². The number of imide groups is 1. The molecule has 0 radical (unpaired) electrons. The maximum atomic E-state index is 13.1. The third-order valence-corrected chi connectivity index (χ3v) is 6.62. The number of hydrogen-bond donors (Lipinski definition) is 2. The van der Waals surface area contributed by atoms with Gasteiger partial charge >= 0.3 is 6.03 Å². The third kappa shape index (κ3) is 4.16. The second-order valence-electron chi connectivity index (χ2n) is 9.55. The third-order valence-electron chi connectivity index (χ3n) is 6.62. The Bertz CT molecular complexity index is 817. The van der Waals surface area contributed by atoms with E-state index in [1.165, 1.54) is 0 Å². The molecule has 29 heavy (non-hydrogen) atoms. The number of benzene rings is 1. The Labute approximate surface area is 173 Å². The highest BCUT2D eigenvalue weighted by Gasteiger charge is 2.53. The zero-order valence-electron chi connectivity index (χ0n) is 18.2. The van der Waals surface area contributed by atoms with E-state index in [-0.39, 0.29) is 23.8 Å². The van der Waals surface area contributed by atoms with Crippen LogP contribution in [0.2, 0.25) is 0 Å². The van der Waals surface area contributed by atoms with Crippen LogP contribution >= 0.6 is 0 Å². The molecule has 1 heterocycles. The number of aryl methyl sites for hydroxylation is 2. The van der Waals surface area contributed by atoms with Gasteiger partial charge in [0.1, 0.15) is 12.1 Å². The molecule has 1 aromatic rings. The number of amides is 4. The summed E-state index contributed by atoms with van der Waals surface area (Å²) in [6, 6.07) is 5.41. The quantitative estimate of drug-likeness (QED) is 0.751. The summed E-state index contributed by atoms with van der Waals surface area (Å²) in [7, 11) is 0. The number of para-hydroxylation sites is 1. The van der Waals surface area contributed by atoms with E-state index in [0.717, 1.165) is 41.0 Å². The molecule has 1 aliphatic heterocycles. The first-order valence-corrected chi connectivity index (χ1v) is 10.6. The monoisotopic (exact) mass is 399 g/mol. The summed E-state index contributed by atoms with van der Waals surface area (Å²) in [6.07, 6.45) is 3.86. The van der Waals surface area contributed by atoms with Gasteiger partial charge in [-0.25, -0.2) is 4.79 Å². The van der Waals surface area contributed by atoms with Gasteiger partial charge in [0.2, 0.25) is 5.91 Å². The predicted octanol–water partition coefficient (Wildman–Crippen LogP) is 4.02. The molecule has 1 aromatic carbocycles. The zero-order valence-corrected chi connectivity index (χ0v) is 18.2. The lowest BCUT2D eigenvalue weighted by Gasteiger charge is -2.40. The molecule has 0 bridgehead atoms. The Morgan fingerprint density at radius 2 is 1.90 bits per heavy atom. The number of nitrogens with zero attached hydrogens (tertiary/aromatic N) is 1. The first kappa shape index (κ1) is 21.3. The van der Waals surface area contributed by atoms with Crippen molar-refractivity contribution in [3.8, 4) is 0 Å². The van der Waals surface area contributed by atoms with E-state index in [4.69, 9.17) is 0 Å². The van der Waals surface area contributed by atoms with Gasteiger partial charge in [-0.1, -0.05) is 45.9 Å². The first-order chi connectivity index (χ1) is 13.6. The number of hydrogen-bond acceptors (Lipinski definition) is 3. The second kappa shape index (κ2) is 7.81. The van der Waals surface area contributed by atoms with E-state index in [1.54, 1.807) is 0 Å². The maximum absolute atomic E-state index is 13.1. The molecule has 2 N–H and O–H groups in total. The molecule has 0 atom stereocenters. The van der Waals surface area contributed by atoms with E-state index in [0.29, 0.717) is 18.8 Å². The average Bonchev–Trinajstić information content (AvgIpc) is 2.87. The van der Waals surface area contributed by atoms with Gasteiger partial charge in [-0.2, -0.15) is 0 Å². The molecule has 2 aliphatic rings. The Balaban J connectivity index is 1.68. The van der Waals surface area contributed by atoms with Gasteiger partial charge < -0.3 is 10.6 Å². The molecular weight excluding hydrogens is 366 g/mol. The highest BCUT2D eigenvalue weighted by atomic mass is 16.2. The van der Waals surface area contributed by atoms with Crippen molar-refractivity contribution >= 4 is 23.5 Å². The van der Waals surface area contributed by atoms with Crippen LogP contribution < -0.4 is 10.6 Å². The summed E-state index contributed by atoms with van der Waals surface area (Å²) < 4.78 is 0. The summed E-state index contributed by atoms with van der Waals surface area (Å²) in [5.41, 5.74) is 2.13. The smallest absolute Gasteiger partial charge is 0.324 e. The van der Waals surface area contributed by atoms with Gasteiger partial charge in [0, 0.05) is 5.69 Å². The molecular formula is C23H33N3O3. The van der Waals surface area contributed by atoms with Gasteiger partial charge in [0.25, 0.3) is 5.91 Å². The predicted molar refractivity (Wildman–Crippen MR) is 114 cm³/mol. The topological polar surface area (TPSA) is 78.5 Å². The minimum Gasteiger partial charge on any atom is -0.324 e. The van der Waals surface area contributed by atoms with Crippen molar-refractivity contribution in [3.63, 3.8) is 0 Å². The Hall–Kier alpha value is -2.37. The minimum absolute atomic E-state index is 0.192. The van der Waals surface area contributed by atoms with Crippen molar-refractivity contribution in [2.24, 2.45) is 11.3 Å².